The number of fused-ring (bicyclic) bond motifs is 4. The summed E-state index contributed by atoms with van der Waals surface area (Å²) >= 11 is 0. The summed E-state index contributed by atoms with van der Waals surface area (Å²) in [7, 11) is 0. The van der Waals surface area contributed by atoms with Crippen LogP contribution in [0.3, 0.4) is 0 Å². The molecular formula is C52H32N4. The lowest BCUT2D eigenvalue weighted by Crippen LogP contribution is -2.03. The van der Waals surface area contributed by atoms with E-state index in [4.69, 9.17) is 9.97 Å². The third kappa shape index (κ3) is 4.60. The Hall–Kier alpha value is -7.56. The predicted molar refractivity (Wildman–Crippen MR) is 233 cm³/mol. The molecule has 12 rings (SSSR count). The highest BCUT2D eigenvalue weighted by atomic mass is 15.2. The molecule has 0 saturated carbocycles. The fourth-order valence-electron chi connectivity index (χ4n) is 8.94. The molecule has 0 radical (unpaired) electrons. The average molecular weight is 713 g/mol. The maximum Gasteiger partial charge on any atom is 0.235 e. The van der Waals surface area contributed by atoms with Crippen LogP contribution in [0.5, 0.6) is 0 Å². The highest BCUT2D eigenvalue weighted by Crippen LogP contribution is 2.43. The summed E-state index contributed by atoms with van der Waals surface area (Å²) in [5.41, 5.74) is 12.0. The number of hydrogen-bond donors (Lipinski definition) is 0. The van der Waals surface area contributed by atoms with Gasteiger partial charge in [-0.1, -0.05) is 146 Å². The lowest BCUT2D eigenvalue weighted by Gasteiger charge is -2.13. The Morgan fingerprint density at radius 2 is 0.911 bits per heavy atom. The van der Waals surface area contributed by atoms with Crippen molar-refractivity contribution in [3.05, 3.63) is 194 Å². The molecule has 0 aliphatic heterocycles. The smallest absolute Gasteiger partial charge is 0.235 e. The second-order valence-corrected chi connectivity index (χ2v) is 14.6. The number of nitrogens with zero attached hydrogens (tertiary/aromatic N) is 4. The number of aromatic nitrogens is 4. The second kappa shape index (κ2) is 12.0. The minimum absolute atomic E-state index is 0.649. The topological polar surface area (TPSA) is 35.6 Å². The molecule has 0 spiro atoms. The Morgan fingerprint density at radius 3 is 1.71 bits per heavy atom. The third-order valence-electron chi connectivity index (χ3n) is 11.5. The summed E-state index contributed by atoms with van der Waals surface area (Å²) in [6.45, 7) is 0. The summed E-state index contributed by atoms with van der Waals surface area (Å²) in [5.74, 6) is 0.649. The summed E-state index contributed by atoms with van der Waals surface area (Å²) in [4.78, 5) is 10.5. The van der Waals surface area contributed by atoms with E-state index < -0.39 is 0 Å². The molecule has 56 heavy (non-hydrogen) atoms. The van der Waals surface area contributed by atoms with Crippen LogP contribution in [-0.4, -0.2) is 19.1 Å². The largest absolute Gasteiger partial charge is 0.309 e. The van der Waals surface area contributed by atoms with Crippen molar-refractivity contribution in [2.24, 2.45) is 0 Å². The second-order valence-electron chi connectivity index (χ2n) is 14.6. The van der Waals surface area contributed by atoms with Crippen molar-refractivity contribution >= 4 is 65.2 Å². The molecule has 0 bridgehead atoms. The summed E-state index contributed by atoms with van der Waals surface area (Å²) < 4.78 is 4.70. The first-order chi connectivity index (χ1) is 27.8. The first-order valence-corrected chi connectivity index (χ1v) is 19.1. The van der Waals surface area contributed by atoms with E-state index in [-0.39, 0.29) is 0 Å². The molecule has 9 aromatic carbocycles. The van der Waals surface area contributed by atoms with Gasteiger partial charge in [0.25, 0.3) is 0 Å². The maximum atomic E-state index is 5.24. The fourth-order valence-corrected chi connectivity index (χ4v) is 8.94. The molecule has 0 aliphatic carbocycles. The molecule has 0 atom stereocenters. The van der Waals surface area contributed by atoms with Crippen LogP contribution in [-0.2, 0) is 0 Å². The van der Waals surface area contributed by atoms with E-state index in [9.17, 15) is 0 Å². The monoisotopic (exact) mass is 712 g/mol. The molecule has 4 nitrogen and oxygen atoms in total. The molecule has 0 aliphatic rings. The van der Waals surface area contributed by atoms with Gasteiger partial charge in [-0.15, -0.1) is 0 Å². The number of hydrogen-bond acceptors (Lipinski definition) is 2. The standard InChI is InChI=1S/C52H32N4/c1-3-14-34(15-4-1)43-32-44(35-16-5-2-6-17-35)54-52(53-43)56-46-22-10-9-21-41(46)42-30-37(27-28-47(42)56)39-29-38-26-25-36-19-12-24-48-50(36)51(38)49(31-39)55(48)45-23-11-18-33-13-7-8-20-40(33)45/h1-32H. The zero-order valence-electron chi connectivity index (χ0n) is 30.3. The van der Waals surface area contributed by atoms with Crippen LogP contribution in [0, 0.1) is 0 Å². The Labute approximate surface area is 322 Å². The number of rotatable bonds is 5. The van der Waals surface area contributed by atoms with Crippen LogP contribution < -0.4 is 0 Å². The van der Waals surface area contributed by atoms with Gasteiger partial charge in [0.15, 0.2) is 0 Å². The van der Waals surface area contributed by atoms with E-state index in [1.165, 1.54) is 54.6 Å². The van der Waals surface area contributed by atoms with Crippen molar-refractivity contribution in [2.45, 2.75) is 0 Å². The summed E-state index contributed by atoms with van der Waals surface area (Å²) in [6, 6.07) is 69.6. The van der Waals surface area contributed by atoms with E-state index in [0.29, 0.717) is 5.95 Å². The molecular weight excluding hydrogens is 681 g/mol. The first kappa shape index (κ1) is 30.9. The Balaban J connectivity index is 1.10. The zero-order valence-corrected chi connectivity index (χ0v) is 30.3. The van der Waals surface area contributed by atoms with Crippen molar-refractivity contribution < 1.29 is 0 Å². The lowest BCUT2D eigenvalue weighted by atomic mass is 9.96. The maximum absolute atomic E-state index is 5.24. The van der Waals surface area contributed by atoms with Crippen LogP contribution in [0.2, 0.25) is 0 Å². The predicted octanol–water partition coefficient (Wildman–Crippen LogP) is 13.4. The van der Waals surface area contributed by atoms with Gasteiger partial charge in [-0.25, -0.2) is 9.97 Å². The van der Waals surface area contributed by atoms with E-state index >= 15 is 0 Å². The van der Waals surface area contributed by atoms with Gasteiger partial charge < -0.3 is 4.57 Å². The molecule has 4 heteroatoms. The van der Waals surface area contributed by atoms with Gasteiger partial charge in [0.1, 0.15) is 0 Å². The van der Waals surface area contributed by atoms with Gasteiger partial charge in [-0.05, 0) is 75.8 Å². The molecule has 0 saturated heterocycles. The van der Waals surface area contributed by atoms with E-state index in [2.05, 4.69) is 191 Å². The highest BCUT2D eigenvalue weighted by molar-refractivity contribution is 6.25. The third-order valence-corrected chi connectivity index (χ3v) is 11.5. The van der Waals surface area contributed by atoms with Gasteiger partial charge in [0.05, 0.1) is 39.1 Å². The van der Waals surface area contributed by atoms with Crippen molar-refractivity contribution in [3.63, 3.8) is 0 Å². The van der Waals surface area contributed by atoms with Crippen LogP contribution in [0.1, 0.15) is 0 Å². The molecule has 3 heterocycles. The Kier molecular flexibility index (Phi) is 6.60. The highest BCUT2D eigenvalue weighted by Gasteiger charge is 2.21. The molecule has 0 N–H and O–H groups in total. The number of para-hydroxylation sites is 1. The van der Waals surface area contributed by atoms with Gasteiger partial charge >= 0.3 is 0 Å². The Bertz CT molecular complexity index is 3400. The summed E-state index contributed by atoms with van der Waals surface area (Å²) in [5, 5.41) is 9.91. The van der Waals surface area contributed by atoms with Gasteiger partial charge in [-0.3, -0.25) is 4.57 Å². The molecule has 260 valence electrons. The SMILES string of the molecule is c1ccc(-c2cc(-c3ccccc3)nc(-n3c4ccccc4c4cc(-c5cc6ccc7cccc8c7c6c(c5)n8-c5cccc6ccccc56)ccc43)n2)cc1. The molecule has 0 amide bonds. The first-order valence-electron chi connectivity index (χ1n) is 19.1. The van der Waals surface area contributed by atoms with Crippen molar-refractivity contribution in [3.8, 4) is 45.3 Å². The van der Waals surface area contributed by atoms with E-state index in [1.54, 1.807) is 0 Å². The minimum atomic E-state index is 0.649. The van der Waals surface area contributed by atoms with Crippen LogP contribution in [0.25, 0.3) is 110 Å². The minimum Gasteiger partial charge on any atom is -0.309 e. The molecule has 12 aromatic rings. The Morgan fingerprint density at radius 1 is 0.304 bits per heavy atom. The number of benzene rings is 9. The molecule has 3 aromatic heterocycles. The fraction of sp³-hybridized carbons (Fsp3) is 0. The summed E-state index contributed by atoms with van der Waals surface area (Å²) in [6.07, 6.45) is 0. The normalized spacial score (nSPS) is 11.9. The molecule has 0 fully saturated rings. The van der Waals surface area contributed by atoms with Crippen molar-refractivity contribution in [1.82, 2.24) is 19.1 Å². The van der Waals surface area contributed by atoms with Gasteiger partial charge in [0.2, 0.25) is 5.95 Å². The van der Waals surface area contributed by atoms with Crippen LogP contribution >= 0.6 is 0 Å². The van der Waals surface area contributed by atoms with Crippen molar-refractivity contribution in [2.75, 3.05) is 0 Å². The average Bonchev–Trinajstić information content (AvgIpc) is 3.79. The van der Waals surface area contributed by atoms with E-state index in [0.717, 1.165) is 49.9 Å². The lowest BCUT2D eigenvalue weighted by molar-refractivity contribution is 0.995. The van der Waals surface area contributed by atoms with Gasteiger partial charge in [-0.2, -0.15) is 0 Å². The van der Waals surface area contributed by atoms with Crippen LogP contribution in [0.15, 0.2) is 194 Å². The zero-order chi connectivity index (χ0) is 36.7. The van der Waals surface area contributed by atoms with Gasteiger partial charge in [0, 0.05) is 38.1 Å². The van der Waals surface area contributed by atoms with E-state index in [1.807, 2.05) is 12.1 Å². The molecule has 0 unspecified atom stereocenters. The van der Waals surface area contributed by atoms with Crippen LogP contribution in [0.4, 0.5) is 0 Å². The van der Waals surface area contributed by atoms with Crippen molar-refractivity contribution in [1.29, 1.82) is 0 Å². The quantitative estimate of drug-likeness (QED) is 0.167.